The number of halogens is 2. The predicted octanol–water partition coefficient (Wildman–Crippen LogP) is 4.12. The lowest BCUT2D eigenvalue weighted by Crippen LogP contribution is -2.27. The van der Waals surface area contributed by atoms with Gasteiger partial charge >= 0.3 is 11.9 Å². The smallest absolute Gasteiger partial charge is 0.324 e. The lowest BCUT2D eigenvalue weighted by molar-refractivity contribution is -0.157. The number of benzene rings is 1. The van der Waals surface area contributed by atoms with Crippen molar-refractivity contribution in [2.75, 3.05) is 13.2 Å². The average molecular weight is 370 g/mol. The van der Waals surface area contributed by atoms with Crippen LogP contribution in [0.1, 0.15) is 56.6 Å². The quantitative estimate of drug-likeness (QED) is 0.371. The molecule has 1 aromatic rings. The van der Waals surface area contributed by atoms with Crippen LogP contribution in [0.3, 0.4) is 0 Å². The molecule has 0 heterocycles. The van der Waals surface area contributed by atoms with Crippen molar-refractivity contribution >= 4 is 23.5 Å². The summed E-state index contributed by atoms with van der Waals surface area (Å²) < 4.78 is 24.1. The Labute approximate surface area is 151 Å². The average Bonchev–Trinajstić information content (AvgIpc) is 2.58. The van der Waals surface area contributed by atoms with Crippen LogP contribution in [-0.4, -0.2) is 25.2 Å². The highest BCUT2D eigenvalue weighted by Crippen LogP contribution is 2.30. The first-order valence-electron chi connectivity index (χ1n) is 8.18. The molecule has 0 aliphatic heterocycles. The Hall–Kier alpha value is -2.13. The molecule has 0 radical (unpaired) electrons. The third-order valence-corrected chi connectivity index (χ3v) is 3.80. The van der Waals surface area contributed by atoms with Crippen LogP contribution in [0.15, 0.2) is 12.1 Å². The zero-order valence-corrected chi connectivity index (χ0v) is 15.1. The summed E-state index contributed by atoms with van der Waals surface area (Å²) >= 11 is 6.05. The van der Waals surface area contributed by atoms with E-state index in [9.17, 15) is 14.0 Å². The van der Waals surface area contributed by atoms with E-state index >= 15 is 0 Å². The van der Waals surface area contributed by atoms with Gasteiger partial charge in [0, 0.05) is 5.02 Å². The SMILES string of the molecule is CCCCOC(=O)C(C(=O)OCCCC)c1cc(F)c(C#N)cc1Cl. The summed E-state index contributed by atoms with van der Waals surface area (Å²) in [7, 11) is 0. The van der Waals surface area contributed by atoms with Gasteiger partial charge in [-0.15, -0.1) is 0 Å². The van der Waals surface area contributed by atoms with Crippen molar-refractivity contribution in [1.29, 1.82) is 5.26 Å². The summed E-state index contributed by atoms with van der Waals surface area (Å²) in [4.78, 5) is 24.7. The summed E-state index contributed by atoms with van der Waals surface area (Å²) in [5.74, 6) is -4.04. The summed E-state index contributed by atoms with van der Waals surface area (Å²) in [5, 5.41) is 8.78. The number of ether oxygens (including phenoxy) is 2. The summed E-state index contributed by atoms with van der Waals surface area (Å²) in [6.45, 7) is 4.14. The fraction of sp³-hybridized carbons (Fsp3) is 0.500. The topological polar surface area (TPSA) is 76.4 Å². The van der Waals surface area contributed by atoms with Crippen molar-refractivity contribution in [3.05, 3.63) is 34.1 Å². The lowest BCUT2D eigenvalue weighted by Gasteiger charge is -2.17. The van der Waals surface area contributed by atoms with Crippen molar-refractivity contribution in [3.63, 3.8) is 0 Å². The molecule has 0 saturated heterocycles. The van der Waals surface area contributed by atoms with Crippen LogP contribution >= 0.6 is 11.6 Å². The maximum atomic E-state index is 13.9. The Morgan fingerprint density at radius 2 is 1.68 bits per heavy atom. The molecular weight excluding hydrogens is 349 g/mol. The Bertz CT molecular complexity index is 635. The molecule has 0 spiro atoms. The summed E-state index contributed by atoms with van der Waals surface area (Å²) in [6, 6.07) is 3.64. The van der Waals surface area contributed by atoms with Gasteiger partial charge in [0.2, 0.25) is 0 Å². The van der Waals surface area contributed by atoms with Gasteiger partial charge in [0.25, 0.3) is 0 Å². The van der Waals surface area contributed by atoms with Gasteiger partial charge < -0.3 is 9.47 Å². The molecule has 7 heteroatoms. The van der Waals surface area contributed by atoms with Crippen LogP contribution in [0.25, 0.3) is 0 Å². The molecule has 0 atom stereocenters. The maximum Gasteiger partial charge on any atom is 0.324 e. The normalized spacial score (nSPS) is 10.4. The number of carbonyl (C=O) groups excluding carboxylic acids is 2. The number of carbonyl (C=O) groups is 2. The van der Waals surface area contributed by atoms with E-state index in [0.717, 1.165) is 25.0 Å². The number of rotatable bonds is 9. The molecule has 0 amide bonds. The Morgan fingerprint density at radius 3 is 2.12 bits per heavy atom. The second-order valence-electron chi connectivity index (χ2n) is 5.44. The number of hydrogen-bond donors (Lipinski definition) is 0. The highest BCUT2D eigenvalue weighted by molar-refractivity contribution is 6.32. The van der Waals surface area contributed by atoms with Crippen molar-refractivity contribution < 1.29 is 23.5 Å². The van der Waals surface area contributed by atoms with Crippen LogP contribution < -0.4 is 0 Å². The van der Waals surface area contributed by atoms with E-state index in [0.29, 0.717) is 12.8 Å². The molecule has 0 N–H and O–H groups in total. The van der Waals surface area contributed by atoms with Crippen molar-refractivity contribution in [1.82, 2.24) is 0 Å². The third-order valence-electron chi connectivity index (χ3n) is 3.47. The van der Waals surface area contributed by atoms with E-state index in [1.165, 1.54) is 0 Å². The first-order chi connectivity index (χ1) is 12.0. The van der Waals surface area contributed by atoms with E-state index in [4.69, 9.17) is 26.3 Å². The molecule has 1 rings (SSSR count). The first kappa shape index (κ1) is 20.9. The van der Waals surface area contributed by atoms with Gasteiger partial charge in [0.05, 0.1) is 18.8 Å². The minimum atomic E-state index is -1.48. The Morgan fingerprint density at radius 1 is 1.16 bits per heavy atom. The summed E-state index contributed by atoms with van der Waals surface area (Å²) in [5.41, 5.74) is -0.340. The molecule has 0 unspecified atom stereocenters. The van der Waals surface area contributed by atoms with Gasteiger partial charge in [-0.05, 0) is 30.5 Å². The van der Waals surface area contributed by atoms with Gasteiger partial charge in [-0.25, -0.2) is 4.39 Å². The fourth-order valence-corrected chi connectivity index (χ4v) is 2.29. The largest absolute Gasteiger partial charge is 0.465 e. The zero-order valence-electron chi connectivity index (χ0n) is 14.3. The number of esters is 2. The number of nitriles is 1. The number of unbranched alkanes of at least 4 members (excludes halogenated alkanes) is 2. The lowest BCUT2D eigenvalue weighted by atomic mass is 9.97. The van der Waals surface area contributed by atoms with E-state index in [-0.39, 0.29) is 29.4 Å². The molecule has 136 valence electrons. The number of nitrogens with zero attached hydrogens (tertiary/aromatic N) is 1. The standard InChI is InChI=1S/C18H21ClFNO4/c1-3-5-7-24-17(22)16(18(23)25-8-6-4-2)13-10-15(20)12(11-21)9-14(13)19/h9-10,16H,3-8H2,1-2H3. The minimum absolute atomic E-state index is 0.0668. The van der Waals surface area contributed by atoms with Crippen LogP contribution in [0.4, 0.5) is 4.39 Å². The van der Waals surface area contributed by atoms with Gasteiger partial charge in [0.15, 0.2) is 5.92 Å². The van der Waals surface area contributed by atoms with Crippen molar-refractivity contribution in [2.24, 2.45) is 0 Å². The van der Waals surface area contributed by atoms with Crippen molar-refractivity contribution in [3.8, 4) is 6.07 Å². The van der Waals surface area contributed by atoms with E-state index in [1.54, 1.807) is 6.07 Å². The van der Waals surface area contributed by atoms with Crippen LogP contribution in [0.5, 0.6) is 0 Å². The van der Waals surface area contributed by atoms with Crippen molar-refractivity contribution in [2.45, 2.75) is 45.4 Å². The van der Waals surface area contributed by atoms with Crippen LogP contribution in [0.2, 0.25) is 5.02 Å². The van der Waals surface area contributed by atoms with E-state index in [2.05, 4.69) is 0 Å². The van der Waals surface area contributed by atoms with E-state index in [1.807, 2.05) is 13.8 Å². The van der Waals surface area contributed by atoms with Gasteiger partial charge in [-0.1, -0.05) is 38.3 Å². The Balaban J connectivity index is 3.13. The van der Waals surface area contributed by atoms with Gasteiger partial charge in [-0.2, -0.15) is 5.26 Å². The molecular formula is C18H21ClFNO4. The number of hydrogen-bond acceptors (Lipinski definition) is 5. The molecule has 0 saturated carbocycles. The highest BCUT2D eigenvalue weighted by Gasteiger charge is 2.34. The molecule has 0 fully saturated rings. The molecule has 25 heavy (non-hydrogen) atoms. The molecule has 0 aliphatic carbocycles. The van der Waals surface area contributed by atoms with Gasteiger partial charge in [-0.3, -0.25) is 9.59 Å². The molecule has 1 aromatic carbocycles. The summed E-state index contributed by atoms with van der Waals surface area (Å²) in [6.07, 6.45) is 2.90. The minimum Gasteiger partial charge on any atom is -0.465 e. The van der Waals surface area contributed by atoms with Crippen LogP contribution in [0, 0.1) is 17.1 Å². The molecule has 0 aromatic heterocycles. The fourth-order valence-electron chi connectivity index (χ4n) is 2.02. The Kier molecular flexibility index (Phi) is 8.93. The molecule has 0 bridgehead atoms. The maximum absolute atomic E-state index is 13.9. The molecule has 0 aliphatic rings. The van der Waals surface area contributed by atoms with Gasteiger partial charge in [0.1, 0.15) is 11.9 Å². The second-order valence-corrected chi connectivity index (χ2v) is 5.85. The first-order valence-corrected chi connectivity index (χ1v) is 8.56. The predicted molar refractivity (Wildman–Crippen MR) is 90.6 cm³/mol. The van der Waals surface area contributed by atoms with Crippen LogP contribution in [-0.2, 0) is 19.1 Å². The van der Waals surface area contributed by atoms with E-state index < -0.39 is 23.7 Å². The third kappa shape index (κ3) is 6.02. The zero-order chi connectivity index (χ0) is 18.8. The molecule has 5 nitrogen and oxygen atoms in total. The second kappa shape index (κ2) is 10.7. The highest BCUT2D eigenvalue weighted by atomic mass is 35.5. The monoisotopic (exact) mass is 369 g/mol.